The van der Waals surface area contributed by atoms with E-state index >= 15 is 0 Å². The summed E-state index contributed by atoms with van der Waals surface area (Å²) in [6.45, 7) is 10.5. The van der Waals surface area contributed by atoms with Crippen molar-refractivity contribution in [2.45, 2.75) is 46.6 Å². The van der Waals surface area contributed by atoms with Crippen molar-refractivity contribution in [1.82, 2.24) is 9.88 Å². The number of carbonyl (C=O) groups excluding carboxylic acids is 1. The molecule has 0 aliphatic rings. The molecule has 0 radical (unpaired) electrons. The molecule has 0 atom stereocenters. The Hall–Kier alpha value is -1.81. The monoisotopic (exact) mass is 302 g/mol. The van der Waals surface area contributed by atoms with Crippen molar-refractivity contribution < 1.29 is 9.53 Å². The van der Waals surface area contributed by atoms with Gasteiger partial charge in [-0.3, -0.25) is 4.79 Å². The number of carbonyl (C=O) groups is 1. The lowest BCUT2D eigenvalue weighted by Gasteiger charge is -2.24. The van der Waals surface area contributed by atoms with E-state index in [1.54, 1.807) is 6.92 Å². The van der Waals surface area contributed by atoms with Crippen LogP contribution in [0.1, 0.15) is 39.7 Å². The molecule has 0 saturated heterocycles. The van der Waals surface area contributed by atoms with E-state index in [-0.39, 0.29) is 5.97 Å². The highest BCUT2D eigenvalue weighted by Gasteiger charge is 2.12. The number of nitrogens with zero attached hydrogens (tertiary/aromatic N) is 1. The first-order valence-corrected chi connectivity index (χ1v) is 8.10. The third-order valence-corrected chi connectivity index (χ3v) is 4.08. The molecular weight excluding hydrogens is 276 g/mol. The third kappa shape index (κ3) is 3.69. The fraction of sp³-hybridized carbons (Fsp3) is 0.500. The molecule has 0 aliphatic carbocycles. The second kappa shape index (κ2) is 7.45. The number of aromatic amines is 1. The van der Waals surface area contributed by atoms with Crippen LogP contribution in [0.15, 0.2) is 24.4 Å². The highest BCUT2D eigenvalue weighted by atomic mass is 16.5. The number of nitrogens with one attached hydrogen (secondary N) is 1. The number of esters is 1. The van der Waals surface area contributed by atoms with Gasteiger partial charge in [0.1, 0.15) is 0 Å². The molecule has 0 fully saturated rings. The molecule has 1 aromatic heterocycles. The van der Waals surface area contributed by atoms with E-state index in [0.717, 1.165) is 30.4 Å². The molecule has 1 N–H and O–H groups in total. The molecule has 2 aromatic rings. The van der Waals surface area contributed by atoms with Gasteiger partial charge < -0.3 is 14.6 Å². The van der Waals surface area contributed by atoms with Gasteiger partial charge in [-0.2, -0.15) is 0 Å². The molecule has 2 rings (SSSR count). The minimum atomic E-state index is -0.208. The zero-order valence-electron chi connectivity index (χ0n) is 14.0. The topological polar surface area (TPSA) is 45.3 Å². The number of H-pyrrole nitrogens is 1. The standard InChI is InChI=1S/C18H26N2O2/c1-5-17(21)22-16-9-7-8-15-14(12-19-18(15)16)10-11-20(6-2)13(3)4/h7-9,12-13,19H,5-6,10-11H2,1-4H3. The first kappa shape index (κ1) is 16.6. The summed E-state index contributed by atoms with van der Waals surface area (Å²) in [5.74, 6) is 0.410. The third-order valence-electron chi connectivity index (χ3n) is 4.08. The normalized spacial score (nSPS) is 11.5. The van der Waals surface area contributed by atoms with E-state index in [1.807, 2.05) is 18.3 Å². The van der Waals surface area contributed by atoms with E-state index in [4.69, 9.17) is 4.74 Å². The predicted octanol–water partition coefficient (Wildman–Crippen LogP) is 3.76. The average molecular weight is 302 g/mol. The number of fused-ring (bicyclic) bond motifs is 1. The lowest BCUT2D eigenvalue weighted by molar-refractivity contribution is -0.133. The van der Waals surface area contributed by atoms with Crippen molar-refractivity contribution in [3.05, 3.63) is 30.0 Å². The van der Waals surface area contributed by atoms with E-state index in [1.165, 1.54) is 5.56 Å². The maximum absolute atomic E-state index is 11.5. The summed E-state index contributed by atoms with van der Waals surface area (Å²) in [4.78, 5) is 17.2. The number of aromatic nitrogens is 1. The van der Waals surface area contributed by atoms with Crippen LogP contribution in [0, 0.1) is 0 Å². The number of rotatable bonds is 7. The van der Waals surface area contributed by atoms with Crippen LogP contribution in [0.2, 0.25) is 0 Å². The molecule has 0 bridgehead atoms. The lowest BCUT2D eigenvalue weighted by Crippen LogP contribution is -2.32. The summed E-state index contributed by atoms with van der Waals surface area (Å²) in [5, 5.41) is 1.14. The molecule has 22 heavy (non-hydrogen) atoms. The van der Waals surface area contributed by atoms with Gasteiger partial charge in [0, 0.05) is 30.6 Å². The quantitative estimate of drug-likeness (QED) is 0.626. The van der Waals surface area contributed by atoms with E-state index in [2.05, 4.69) is 36.7 Å². The molecule has 0 spiro atoms. The number of benzene rings is 1. The summed E-state index contributed by atoms with van der Waals surface area (Å²) in [7, 11) is 0. The van der Waals surface area contributed by atoms with E-state index in [0.29, 0.717) is 18.2 Å². The summed E-state index contributed by atoms with van der Waals surface area (Å²) in [5.41, 5.74) is 2.18. The van der Waals surface area contributed by atoms with Crippen LogP contribution in [0.25, 0.3) is 10.9 Å². The van der Waals surface area contributed by atoms with Crippen LogP contribution < -0.4 is 4.74 Å². The molecule has 0 amide bonds. The Kier molecular flexibility index (Phi) is 5.61. The van der Waals surface area contributed by atoms with Gasteiger partial charge in [-0.05, 0) is 38.4 Å². The van der Waals surface area contributed by atoms with Crippen molar-refractivity contribution in [2.75, 3.05) is 13.1 Å². The zero-order valence-corrected chi connectivity index (χ0v) is 14.0. The fourth-order valence-electron chi connectivity index (χ4n) is 2.72. The molecule has 1 aromatic carbocycles. The van der Waals surface area contributed by atoms with Crippen molar-refractivity contribution >= 4 is 16.9 Å². The van der Waals surface area contributed by atoms with Gasteiger partial charge in [0.15, 0.2) is 5.75 Å². The minimum absolute atomic E-state index is 0.208. The van der Waals surface area contributed by atoms with Crippen LogP contribution >= 0.6 is 0 Å². The second-order valence-corrected chi connectivity index (χ2v) is 5.79. The number of hydrogen-bond acceptors (Lipinski definition) is 3. The average Bonchev–Trinajstić information content (AvgIpc) is 2.92. The van der Waals surface area contributed by atoms with Crippen molar-refractivity contribution in [3.63, 3.8) is 0 Å². The van der Waals surface area contributed by atoms with Crippen molar-refractivity contribution in [1.29, 1.82) is 0 Å². The highest BCUT2D eigenvalue weighted by Crippen LogP contribution is 2.28. The maximum atomic E-state index is 11.5. The number of para-hydroxylation sites is 1. The van der Waals surface area contributed by atoms with Gasteiger partial charge in [-0.1, -0.05) is 26.0 Å². The maximum Gasteiger partial charge on any atom is 0.310 e. The Bertz CT molecular complexity index is 631. The van der Waals surface area contributed by atoms with Gasteiger partial charge in [0.25, 0.3) is 0 Å². The Morgan fingerprint density at radius 1 is 1.32 bits per heavy atom. The predicted molar refractivity (Wildman–Crippen MR) is 90.3 cm³/mol. The van der Waals surface area contributed by atoms with Crippen LogP contribution in [0.5, 0.6) is 5.75 Å². The SMILES string of the molecule is CCC(=O)Oc1cccc2c(CCN(CC)C(C)C)c[nH]c12. The Morgan fingerprint density at radius 2 is 2.09 bits per heavy atom. The number of ether oxygens (including phenoxy) is 1. The van der Waals surface area contributed by atoms with Crippen LogP contribution in [0.3, 0.4) is 0 Å². The molecular formula is C18H26N2O2. The van der Waals surface area contributed by atoms with Gasteiger partial charge in [0.05, 0.1) is 5.52 Å². The molecule has 4 heteroatoms. The fourth-order valence-corrected chi connectivity index (χ4v) is 2.72. The first-order valence-electron chi connectivity index (χ1n) is 8.10. The Morgan fingerprint density at radius 3 is 2.73 bits per heavy atom. The van der Waals surface area contributed by atoms with Crippen molar-refractivity contribution in [3.8, 4) is 5.75 Å². The second-order valence-electron chi connectivity index (χ2n) is 5.79. The smallest absolute Gasteiger partial charge is 0.310 e. The molecule has 1 heterocycles. The number of hydrogen-bond donors (Lipinski definition) is 1. The zero-order chi connectivity index (χ0) is 16.1. The number of likely N-dealkylation sites (N-methyl/N-ethyl adjacent to an activating group) is 1. The minimum Gasteiger partial charge on any atom is -0.424 e. The van der Waals surface area contributed by atoms with Crippen LogP contribution in [-0.4, -0.2) is 35.0 Å². The van der Waals surface area contributed by atoms with E-state index in [9.17, 15) is 4.79 Å². The van der Waals surface area contributed by atoms with Gasteiger partial charge >= 0.3 is 5.97 Å². The molecule has 120 valence electrons. The van der Waals surface area contributed by atoms with Gasteiger partial charge in [-0.25, -0.2) is 0 Å². The summed E-state index contributed by atoms with van der Waals surface area (Å²) in [6, 6.07) is 6.41. The molecule has 4 nitrogen and oxygen atoms in total. The summed E-state index contributed by atoms with van der Waals surface area (Å²) < 4.78 is 5.39. The van der Waals surface area contributed by atoms with Crippen molar-refractivity contribution in [2.24, 2.45) is 0 Å². The van der Waals surface area contributed by atoms with Gasteiger partial charge in [0.2, 0.25) is 0 Å². The summed E-state index contributed by atoms with van der Waals surface area (Å²) in [6.07, 6.45) is 3.39. The van der Waals surface area contributed by atoms with Crippen LogP contribution in [-0.2, 0) is 11.2 Å². The lowest BCUT2D eigenvalue weighted by atomic mass is 10.1. The Balaban J connectivity index is 2.19. The largest absolute Gasteiger partial charge is 0.424 e. The van der Waals surface area contributed by atoms with E-state index < -0.39 is 0 Å². The summed E-state index contributed by atoms with van der Waals surface area (Å²) >= 11 is 0. The molecule has 0 saturated carbocycles. The highest BCUT2D eigenvalue weighted by molar-refractivity contribution is 5.90. The Labute approximate surface area is 132 Å². The molecule has 0 aliphatic heterocycles. The van der Waals surface area contributed by atoms with Crippen LogP contribution in [0.4, 0.5) is 0 Å². The van der Waals surface area contributed by atoms with Gasteiger partial charge in [-0.15, -0.1) is 0 Å². The molecule has 0 unspecified atom stereocenters. The first-order chi connectivity index (χ1) is 10.6.